The molecule has 0 bridgehead atoms. The van der Waals surface area contributed by atoms with Crippen molar-refractivity contribution < 1.29 is 13.5 Å². The molecule has 0 atom stereocenters. The number of anilines is 1. The van der Waals surface area contributed by atoms with Gasteiger partial charge in [-0.05, 0) is 6.07 Å². The summed E-state index contributed by atoms with van der Waals surface area (Å²) in [5.74, 6) is 0.277. The molecule has 0 unspecified atom stereocenters. The molecule has 0 aliphatic rings. The van der Waals surface area contributed by atoms with E-state index < -0.39 is 5.82 Å². The van der Waals surface area contributed by atoms with E-state index in [9.17, 15) is 4.39 Å². The van der Waals surface area contributed by atoms with Gasteiger partial charge in [0.25, 0.3) is 0 Å². The van der Waals surface area contributed by atoms with E-state index >= 15 is 0 Å². The fraction of sp³-hybridized carbons (Fsp3) is 0.100. The number of nitrogen functional groups attached to an aromatic ring is 1. The zero-order valence-corrected chi connectivity index (χ0v) is 8.03. The van der Waals surface area contributed by atoms with E-state index in [1.54, 1.807) is 0 Å². The summed E-state index contributed by atoms with van der Waals surface area (Å²) in [6.45, 7) is 0. The number of nitrogens with zero attached hydrogens (tertiary/aromatic N) is 1. The van der Waals surface area contributed by atoms with Gasteiger partial charge >= 0.3 is 0 Å². The first-order valence-corrected chi connectivity index (χ1v) is 4.24. The van der Waals surface area contributed by atoms with E-state index in [-0.39, 0.29) is 11.3 Å². The predicted molar refractivity (Wildman–Crippen MR) is 52.9 cm³/mol. The average molecular weight is 208 g/mol. The van der Waals surface area contributed by atoms with Gasteiger partial charge < -0.3 is 14.9 Å². The van der Waals surface area contributed by atoms with Crippen LogP contribution in [0.4, 0.5) is 10.1 Å². The number of benzene rings is 1. The van der Waals surface area contributed by atoms with Gasteiger partial charge in [-0.3, -0.25) is 0 Å². The smallest absolute Gasteiger partial charge is 0.181 e. The molecule has 2 N–H and O–H groups in total. The van der Waals surface area contributed by atoms with Gasteiger partial charge in [-0.1, -0.05) is 0 Å². The van der Waals surface area contributed by atoms with Gasteiger partial charge in [0.2, 0.25) is 0 Å². The molecule has 2 rings (SSSR count). The molecule has 78 valence electrons. The van der Waals surface area contributed by atoms with Crippen molar-refractivity contribution >= 4 is 5.69 Å². The molecular weight excluding hydrogens is 199 g/mol. The first-order chi connectivity index (χ1) is 7.22. The summed E-state index contributed by atoms with van der Waals surface area (Å²) in [4.78, 5) is 3.71. The molecule has 0 spiro atoms. The van der Waals surface area contributed by atoms with E-state index in [1.165, 1.54) is 31.8 Å². The maximum Gasteiger partial charge on any atom is 0.181 e. The second kappa shape index (κ2) is 3.61. The van der Waals surface area contributed by atoms with Crippen LogP contribution < -0.4 is 10.5 Å². The number of hydrogen-bond acceptors (Lipinski definition) is 4. The van der Waals surface area contributed by atoms with Crippen LogP contribution in [0, 0.1) is 5.82 Å². The van der Waals surface area contributed by atoms with Crippen molar-refractivity contribution in [2.75, 3.05) is 12.8 Å². The minimum atomic E-state index is -0.468. The summed E-state index contributed by atoms with van der Waals surface area (Å²) in [6.07, 6.45) is 2.66. The van der Waals surface area contributed by atoms with Gasteiger partial charge in [-0.15, -0.1) is 0 Å². The van der Waals surface area contributed by atoms with Crippen LogP contribution >= 0.6 is 0 Å². The molecule has 0 saturated heterocycles. The average Bonchev–Trinajstić information content (AvgIpc) is 2.71. The van der Waals surface area contributed by atoms with Crippen molar-refractivity contribution in [1.29, 1.82) is 0 Å². The van der Waals surface area contributed by atoms with Crippen molar-refractivity contribution in [3.8, 4) is 17.1 Å². The zero-order valence-electron chi connectivity index (χ0n) is 8.03. The highest BCUT2D eigenvalue weighted by atomic mass is 19.1. The molecule has 0 aliphatic heterocycles. The lowest BCUT2D eigenvalue weighted by atomic mass is 10.1. The maximum atomic E-state index is 13.5. The van der Waals surface area contributed by atoms with Crippen LogP contribution in [0.2, 0.25) is 0 Å². The number of ether oxygens (including phenoxy) is 1. The number of aromatic nitrogens is 1. The molecule has 4 nitrogen and oxygen atoms in total. The van der Waals surface area contributed by atoms with Gasteiger partial charge in [0, 0.05) is 6.07 Å². The third-order valence-corrected chi connectivity index (χ3v) is 2.02. The molecule has 1 heterocycles. The van der Waals surface area contributed by atoms with Gasteiger partial charge in [-0.2, -0.15) is 0 Å². The van der Waals surface area contributed by atoms with Crippen molar-refractivity contribution in [2.24, 2.45) is 0 Å². The number of rotatable bonds is 2. The van der Waals surface area contributed by atoms with E-state index in [4.69, 9.17) is 14.9 Å². The molecular formula is C10H9FN2O2. The second-order valence-corrected chi connectivity index (χ2v) is 2.94. The van der Waals surface area contributed by atoms with E-state index in [0.29, 0.717) is 11.5 Å². The molecule has 2 aromatic rings. The van der Waals surface area contributed by atoms with Crippen LogP contribution in [0.15, 0.2) is 29.1 Å². The Morgan fingerprint density at radius 2 is 2.27 bits per heavy atom. The Bertz CT molecular complexity index is 469. The van der Waals surface area contributed by atoms with Crippen molar-refractivity contribution in [1.82, 2.24) is 4.98 Å². The molecule has 0 aliphatic carbocycles. The summed E-state index contributed by atoms with van der Waals surface area (Å²) in [7, 11) is 1.47. The van der Waals surface area contributed by atoms with Gasteiger partial charge in [0.05, 0.1) is 24.6 Å². The lowest BCUT2D eigenvalue weighted by Crippen LogP contribution is -1.95. The number of nitrogens with two attached hydrogens (primary N) is 1. The van der Waals surface area contributed by atoms with E-state index in [0.717, 1.165) is 0 Å². The Balaban J connectivity index is 2.57. The number of methoxy groups -OCH3 is 1. The van der Waals surface area contributed by atoms with Crippen LogP contribution in [0.1, 0.15) is 0 Å². The predicted octanol–water partition coefficient (Wildman–Crippen LogP) is 2.07. The minimum absolute atomic E-state index is 0.248. The van der Waals surface area contributed by atoms with Crippen molar-refractivity contribution in [2.45, 2.75) is 0 Å². The highest BCUT2D eigenvalue weighted by Gasteiger charge is 2.12. The fourth-order valence-electron chi connectivity index (χ4n) is 1.28. The number of oxazole rings is 1. The second-order valence-electron chi connectivity index (χ2n) is 2.94. The topological polar surface area (TPSA) is 61.3 Å². The largest absolute Gasteiger partial charge is 0.495 e. The Hall–Kier alpha value is -2.04. The summed E-state index contributed by atoms with van der Waals surface area (Å²) in [6, 6.07) is 2.67. The van der Waals surface area contributed by atoms with E-state index in [1.807, 2.05) is 0 Å². The number of hydrogen-bond donors (Lipinski definition) is 1. The van der Waals surface area contributed by atoms with Crippen LogP contribution in [-0.4, -0.2) is 12.1 Å². The summed E-state index contributed by atoms with van der Waals surface area (Å²) in [5, 5.41) is 0. The lowest BCUT2D eigenvalue weighted by molar-refractivity contribution is 0.416. The zero-order chi connectivity index (χ0) is 10.8. The third kappa shape index (κ3) is 1.63. The highest BCUT2D eigenvalue weighted by molar-refractivity contribution is 5.66. The minimum Gasteiger partial charge on any atom is -0.495 e. The van der Waals surface area contributed by atoms with Gasteiger partial charge in [0.15, 0.2) is 12.2 Å². The monoisotopic (exact) mass is 208 g/mol. The normalized spacial score (nSPS) is 10.3. The lowest BCUT2D eigenvalue weighted by Gasteiger charge is -2.06. The molecule has 0 amide bonds. The van der Waals surface area contributed by atoms with Gasteiger partial charge in [0.1, 0.15) is 11.6 Å². The highest BCUT2D eigenvalue weighted by Crippen LogP contribution is 2.31. The van der Waals surface area contributed by atoms with Crippen LogP contribution in [0.3, 0.4) is 0 Å². The van der Waals surface area contributed by atoms with Crippen LogP contribution in [-0.2, 0) is 0 Å². The Morgan fingerprint density at radius 3 is 2.87 bits per heavy atom. The van der Waals surface area contributed by atoms with Crippen LogP contribution in [0.25, 0.3) is 11.3 Å². The SMILES string of the molecule is COc1cc(-c2cnco2)c(F)cc1N. The van der Waals surface area contributed by atoms with Crippen LogP contribution in [0.5, 0.6) is 5.75 Å². The first kappa shape index (κ1) is 9.51. The van der Waals surface area contributed by atoms with Gasteiger partial charge in [-0.25, -0.2) is 9.37 Å². The molecule has 0 radical (unpaired) electrons. The standard InChI is InChI=1S/C10H9FN2O2/c1-14-9-2-6(7(11)3-8(9)12)10-4-13-5-15-10/h2-5H,12H2,1H3. The summed E-state index contributed by atoms with van der Waals surface area (Å²) < 4.78 is 23.5. The molecule has 1 aromatic carbocycles. The summed E-state index contributed by atoms with van der Waals surface area (Å²) in [5.41, 5.74) is 6.07. The number of halogens is 1. The fourth-order valence-corrected chi connectivity index (χ4v) is 1.28. The maximum absolute atomic E-state index is 13.5. The molecule has 0 fully saturated rings. The molecule has 1 aromatic heterocycles. The Kier molecular flexibility index (Phi) is 2.29. The molecule has 15 heavy (non-hydrogen) atoms. The summed E-state index contributed by atoms with van der Waals surface area (Å²) >= 11 is 0. The van der Waals surface area contributed by atoms with E-state index in [2.05, 4.69) is 4.98 Å². The quantitative estimate of drug-likeness (QED) is 0.767. The third-order valence-electron chi connectivity index (χ3n) is 2.02. The van der Waals surface area contributed by atoms with Crippen molar-refractivity contribution in [3.63, 3.8) is 0 Å². The first-order valence-electron chi connectivity index (χ1n) is 4.24. The molecule has 0 saturated carbocycles. The Labute approximate surface area is 85.5 Å². The Morgan fingerprint density at radius 1 is 1.47 bits per heavy atom. The molecule has 5 heteroatoms. The van der Waals surface area contributed by atoms with Crippen molar-refractivity contribution in [3.05, 3.63) is 30.5 Å².